The minimum absolute atomic E-state index is 0.138. The molecule has 2 aromatic carbocycles. The Morgan fingerprint density at radius 2 is 1.90 bits per heavy atom. The van der Waals surface area contributed by atoms with Gasteiger partial charge in [0, 0.05) is 22.3 Å². The van der Waals surface area contributed by atoms with E-state index >= 15 is 0 Å². The molecule has 9 heteroatoms. The molecule has 0 bridgehead atoms. The van der Waals surface area contributed by atoms with Gasteiger partial charge in [0.1, 0.15) is 12.4 Å². The lowest BCUT2D eigenvalue weighted by Crippen LogP contribution is -2.20. The molecule has 0 aliphatic heterocycles. The van der Waals surface area contributed by atoms with E-state index in [0.29, 0.717) is 41.3 Å². The van der Waals surface area contributed by atoms with Crippen molar-refractivity contribution in [3.8, 4) is 5.75 Å². The van der Waals surface area contributed by atoms with Crippen LogP contribution < -0.4 is 10.1 Å². The van der Waals surface area contributed by atoms with E-state index in [-0.39, 0.29) is 24.4 Å². The molecule has 0 heterocycles. The van der Waals surface area contributed by atoms with Crippen molar-refractivity contribution >= 4 is 37.4 Å². The molecule has 1 amide bonds. The van der Waals surface area contributed by atoms with Gasteiger partial charge in [0.15, 0.2) is 9.84 Å². The normalized spacial score (nSPS) is 14.0. The number of hydrogen-bond acceptors (Lipinski definition) is 6. The number of rotatable bonds is 10. The van der Waals surface area contributed by atoms with E-state index in [9.17, 15) is 13.2 Å². The van der Waals surface area contributed by atoms with E-state index < -0.39 is 9.84 Å². The summed E-state index contributed by atoms with van der Waals surface area (Å²) in [5.74, 6) is 0.368. The first-order valence-corrected chi connectivity index (χ1v) is 12.3. The second kappa shape index (κ2) is 10.1. The number of amides is 1. The molecule has 1 aliphatic rings. The smallest absolute Gasteiger partial charge is 0.250 e. The van der Waals surface area contributed by atoms with Crippen LogP contribution in [-0.4, -0.2) is 52.3 Å². The van der Waals surface area contributed by atoms with E-state index in [2.05, 4.69) is 21.2 Å². The summed E-state index contributed by atoms with van der Waals surface area (Å²) in [6.07, 6.45) is 1.42. The van der Waals surface area contributed by atoms with Crippen molar-refractivity contribution in [3.63, 3.8) is 0 Å². The van der Waals surface area contributed by atoms with Gasteiger partial charge in [-0.1, -0.05) is 15.9 Å². The van der Waals surface area contributed by atoms with Gasteiger partial charge in [0.2, 0.25) is 5.91 Å². The predicted octanol–water partition coefficient (Wildman–Crippen LogP) is 3.61. The Labute approximate surface area is 191 Å². The van der Waals surface area contributed by atoms with Crippen molar-refractivity contribution in [2.24, 2.45) is 0 Å². The first-order valence-electron chi connectivity index (χ1n) is 9.92. The lowest BCUT2D eigenvalue weighted by atomic mass is 10.2. The van der Waals surface area contributed by atoms with Gasteiger partial charge >= 0.3 is 0 Å². The van der Waals surface area contributed by atoms with E-state index in [1.54, 1.807) is 25.3 Å². The Morgan fingerprint density at radius 1 is 1.16 bits per heavy atom. The van der Waals surface area contributed by atoms with Crippen molar-refractivity contribution in [2.75, 3.05) is 33.1 Å². The van der Waals surface area contributed by atoms with Crippen LogP contribution in [-0.2, 0) is 32.5 Å². The Morgan fingerprint density at radius 3 is 2.55 bits per heavy atom. The van der Waals surface area contributed by atoms with Gasteiger partial charge < -0.3 is 19.7 Å². The average molecular weight is 511 g/mol. The van der Waals surface area contributed by atoms with Crippen LogP contribution in [0, 0.1) is 0 Å². The third-order valence-electron chi connectivity index (χ3n) is 4.83. The van der Waals surface area contributed by atoms with Crippen LogP contribution >= 0.6 is 15.9 Å². The number of anilines is 1. The number of halogens is 1. The number of carbonyl (C=O) groups excluding carboxylic acids is 1. The Kier molecular flexibility index (Phi) is 7.74. The van der Waals surface area contributed by atoms with Crippen LogP contribution in [0.15, 0.2) is 45.8 Å². The summed E-state index contributed by atoms with van der Waals surface area (Å²) in [7, 11) is 2.01. The lowest BCUT2D eigenvalue weighted by Gasteiger charge is -2.16. The van der Waals surface area contributed by atoms with Crippen LogP contribution in [0.2, 0.25) is 0 Å². The maximum Gasteiger partial charge on any atom is 0.250 e. The van der Waals surface area contributed by atoms with Crippen LogP contribution in [0.3, 0.4) is 0 Å². The molecular weight excluding hydrogens is 484 g/mol. The zero-order chi connectivity index (χ0) is 22.6. The highest BCUT2D eigenvalue weighted by Gasteiger charge is 2.38. The maximum atomic E-state index is 12.7. The summed E-state index contributed by atoms with van der Waals surface area (Å²) in [4.78, 5) is 14.6. The number of hydrogen-bond donors (Lipinski definition) is 1. The third kappa shape index (κ3) is 6.29. The molecule has 0 atom stereocenters. The molecule has 1 N–H and O–H groups in total. The van der Waals surface area contributed by atoms with Crippen molar-refractivity contribution in [3.05, 3.63) is 52.0 Å². The minimum atomic E-state index is -3.32. The molecule has 0 aromatic heterocycles. The molecule has 1 saturated carbocycles. The first kappa shape index (κ1) is 23.7. The highest BCUT2D eigenvalue weighted by atomic mass is 79.9. The topological polar surface area (TPSA) is 84.9 Å². The fourth-order valence-corrected chi connectivity index (χ4v) is 5.54. The average Bonchev–Trinajstić information content (AvgIpc) is 3.53. The molecule has 7 nitrogen and oxygen atoms in total. The van der Waals surface area contributed by atoms with Crippen molar-refractivity contribution in [2.45, 2.75) is 36.1 Å². The molecule has 0 saturated heterocycles. The Balaban J connectivity index is 1.65. The monoisotopic (exact) mass is 510 g/mol. The fourth-order valence-electron chi connectivity index (χ4n) is 3.27. The molecule has 0 unspecified atom stereocenters. The fraction of sp³-hybridized carbons (Fsp3) is 0.409. The number of methoxy groups -OCH3 is 1. The zero-order valence-corrected chi connectivity index (χ0v) is 20.3. The molecule has 31 heavy (non-hydrogen) atoms. The summed E-state index contributed by atoms with van der Waals surface area (Å²) >= 11 is 3.41. The second-order valence-electron chi connectivity index (χ2n) is 7.80. The lowest BCUT2D eigenvalue weighted by molar-refractivity contribution is -0.121. The third-order valence-corrected chi connectivity index (χ3v) is 7.69. The highest BCUT2D eigenvalue weighted by Crippen LogP contribution is 2.36. The zero-order valence-electron chi connectivity index (χ0n) is 17.9. The van der Waals surface area contributed by atoms with E-state index in [1.165, 1.54) is 0 Å². The Hall–Kier alpha value is -1.94. The summed E-state index contributed by atoms with van der Waals surface area (Å²) in [5, 5.41) is 2.51. The minimum Gasteiger partial charge on any atom is -0.496 e. The molecule has 0 radical (unpaired) electrons. The number of benzene rings is 2. The number of sulfone groups is 1. The van der Waals surface area contributed by atoms with Gasteiger partial charge in [0.05, 0.1) is 23.9 Å². The summed E-state index contributed by atoms with van der Waals surface area (Å²) in [5.41, 5.74) is 2.04. The largest absolute Gasteiger partial charge is 0.496 e. The molecule has 0 spiro atoms. The van der Waals surface area contributed by atoms with Gasteiger partial charge in [-0.2, -0.15) is 0 Å². The summed E-state index contributed by atoms with van der Waals surface area (Å²) in [6.45, 7) is 0.547. The highest BCUT2D eigenvalue weighted by molar-refractivity contribution is 9.10. The number of nitrogens with one attached hydrogen (secondary N) is 1. The van der Waals surface area contributed by atoms with Crippen molar-refractivity contribution in [1.29, 1.82) is 0 Å². The van der Waals surface area contributed by atoms with Crippen molar-refractivity contribution < 1.29 is 22.7 Å². The summed E-state index contributed by atoms with van der Waals surface area (Å²) in [6, 6.07) is 10.5. The summed E-state index contributed by atoms with van der Waals surface area (Å²) < 4.78 is 37.2. The Bertz CT molecular complexity index is 1050. The van der Waals surface area contributed by atoms with Gasteiger partial charge in [-0.25, -0.2) is 8.42 Å². The molecule has 168 valence electrons. The van der Waals surface area contributed by atoms with Gasteiger partial charge in [-0.05, 0) is 68.9 Å². The maximum absolute atomic E-state index is 12.7. The van der Waals surface area contributed by atoms with E-state index in [1.807, 2.05) is 37.2 Å². The van der Waals surface area contributed by atoms with Crippen LogP contribution in [0.4, 0.5) is 5.69 Å². The van der Waals surface area contributed by atoms with Crippen molar-refractivity contribution in [1.82, 2.24) is 4.90 Å². The first-order chi connectivity index (χ1) is 14.7. The standard InChI is InChI=1S/C22H27BrN2O5S/c1-25(2)12-15-11-18(5-9-21(15)31(27,28)19-6-7-19)24-22(26)14-30-13-16-10-17(23)4-8-20(16)29-3/h4-5,8-11,19H,6-7,12-14H2,1-3H3,(H,24,26). The van der Waals surface area contributed by atoms with E-state index in [4.69, 9.17) is 9.47 Å². The van der Waals surface area contributed by atoms with Crippen LogP contribution in [0.1, 0.15) is 24.0 Å². The molecule has 1 aliphatic carbocycles. The van der Waals surface area contributed by atoms with Crippen LogP contribution in [0.25, 0.3) is 0 Å². The van der Waals surface area contributed by atoms with E-state index in [0.717, 1.165) is 10.0 Å². The quantitative estimate of drug-likeness (QED) is 0.525. The molecule has 2 aromatic rings. The molecule has 1 fully saturated rings. The van der Waals surface area contributed by atoms with Gasteiger partial charge in [-0.15, -0.1) is 0 Å². The molecule has 3 rings (SSSR count). The number of carbonyl (C=O) groups is 1. The van der Waals surface area contributed by atoms with Crippen LogP contribution in [0.5, 0.6) is 5.75 Å². The number of nitrogens with zero attached hydrogens (tertiary/aromatic N) is 1. The number of ether oxygens (including phenoxy) is 2. The SMILES string of the molecule is COc1ccc(Br)cc1COCC(=O)Nc1ccc(S(=O)(=O)C2CC2)c(CN(C)C)c1. The van der Waals surface area contributed by atoms with Gasteiger partial charge in [-0.3, -0.25) is 4.79 Å². The van der Waals surface area contributed by atoms with Gasteiger partial charge in [0.25, 0.3) is 0 Å². The second-order valence-corrected chi connectivity index (χ2v) is 10.9. The predicted molar refractivity (Wildman–Crippen MR) is 123 cm³/mol. The molecular formula is C22H27BrN2O5S.